The highest BCUT2D eigenvalue weighted by Crippen LogP contribution is 2.46. The van der Waals surface area contributed by atoms with Crippen LogP contribution in [0.5, 0.6) is 0 Å². The molecule has 0 saturated carbocycles. The van der Waals surface area contributed by atoms with Crippen LogP contribution in [0.15, 0.2) is 70.7 Å². The van der Waals surface area contributed by atoms with Crippen molar-refractivity contribution in [2.24, 2.45) is 7.05 Å². The molecule has 1 aromatic heterocycles. The number of fused-ring (bicyclic) bond motifs is 2. The number of hydrogen-bond donors (Lipinski definition) is 0. The highest BCUT2D eigenvalue weighted by atomic mass is 127. The van der Waals surface area contributed by atoms with E-state index in [1.165, 1.54) is 62.2 Å². The Kier molecular flexibility index (Phi) is 6.58. The van der Waals surface area contributed by atoms with E-state index in [0.29, 0.717) is 0 Å². The molecule has 4 rings (SSSR count). The van der Waals surface area contributed by atoms with Crippen molar-refractivity contribution in [3.8, 4) is 0 Å². The highest BCUT2D eigenvalue weighted by Gasteiger charge is 2.24. The van der Waals surface area contributed by atoms with Crippen molar-refractivity contribution in [1.82, 2.24) is 0 Å². The Bertz CT molecular complexity index is 999. The number of thioether (sulfide) groups is 1. The molecule has 0 unspecified atom stereocenters. The Balaban J connectivity index is 1.65. The highest BCUT2D eigenvalue weighted by molar-refractivity contribution is 14.1. The Morgan fingerprint density at radius 1 is 0.964 bits per heavy atom. The number of aromatic nitrogens is 1. The summed E-state index contributed by atoms with van der Waals surface area (Å²) in [7, 11) is 2.11. The zero-order chi connectivity index (χ0) is 19.3. The number of aryl methyl sites for hydroxylation is 1. The van der Waals surface area contributed by atoms with Gasteiger partial charge in [0, 0.05) is 23.6 Å². The lowest BCUT2D eigenvalue weighted by atomic mass is 10.1. The lowest BCUT2D eigenvalue weighted by Gasteiger charge is -2.20. The second-order valence-electron chi connectivity index (χ2n) is 7.21. The van der Waals surface area contributed by atoms with E-state index < -0.39 is 0 Å². The van der Waals surface area contributed by atoms with Crippen LogP contribution in [0.1, 0.15) is 31.2 Å². The van der Waals surface area contributed by atoms with Gasteiger partial charge in [0.1, 0.15) is 7.05 Å². The van der Waals surface area contributed by atoms with Crippen molar-refractivity contribution < 1.29 is 4.57 Å². The number of unbranched alkanes of at least 4 members (excludes halogenated alkanes) is 3. The van der Waals surface area contributed by atoms with Gasteiger partial charge in [0.2, 0.25) is 5.52 Å². The Morgan fingerprint density at radius 3 is 2.64 bits per heavy atom. The fourth-order valence-corrected chi connectivity index (χ4v) is 5.44. The number of alkyl halides is 1. The van der Waals surface area contributed by atoms with Gasteiger partial charge in [-0.15, -0.1) is 0 Å². The summed E-state index contributed by atoms with van der Waals surface area (Å²) in [6.45, 7) is 1.09. The van der Waals surface area contributed by atoms with Crippen molar-refractivity contribution in [2.75, 3.05) is 15.9 Å². The molecule has 1 aliphatic rings. The number of benzene rings is 2. The number of halogens is 1. The minimum Gasteiger partial charge on any atom is -0.335 e. The van der Waals surface area contributed by atoms with Gasteiger partial charge in [-0.3, -0.25) is 0 Å². The van der Waals surface area contributed by atoms with Crippen molar-refractivity contribution in [1.29, 1.82) is 0 Å². The van der Waals surface area contributed by atoms with E-state index in [1.54, 1.807) is 0 Å². The molecular formula is C24H26IN2S+. The smallest absolute Gasteiger partial charge is 0.212 e. The first-order valence-electron chi connectivity index (χ1n) is 9.97. The van der Waals surface area contributed by atoms with E-state index in [-0.39, 0.29) is 0 Å². The topological polar surface area (TPSA) is 7.12 Å². The Labute approximate surface area is 185 Å². The first kappa shape index (κ1) is 19.8. The van der Waals surface area contributed by atoms with Crippen LogP contribution < -0.4 is 9.47 Å². The van der Waals surface area contributed by atoms with Crippen LogP contribution in [0.25, 0.3) is 17.0 Å². The number of hydrogen-bond acceptors (Lipinski definition) is 2. The minimum atomic E-state index is 1.09. The molecule has 1 aliphatic heterocycles. The molecule has 0 fully saturated rings. The molecule has 4 heteroatoms. The van der Waals surface area contributed by atoms with Gasteiger partial charge < -0.3 is 4.90 Å². The standard InChI is InChI=1S/C24H26IN2S/c1-26-17-14-19(20-10-4-5-11-21(20)26)18-24-27(16-9-3-2-8-15-25)22-12-6-7-13-23(22)28-24/h4-7,10-14,17-18H,2-3,8-9,15-16H2,1H3/q+1. The number of pyridine rings is 1. The first-order valence-corrected chi connectivity index (χ1v) is 12.3. The van der Waals surface area contributed by atoms with Crippen molar-refractivity contribution in [3.63, 3.8) is 0 Å². The van der Waals surface area contributed by atoms with Gasteiger partial charge in [-0.25, -0.2) is 4.57 Å². The third-order valence-electron chi connectivity index (χ3n) is 5.25. The maximum atomic E-state index is 2.52. The summed E-state index contributed by atoms with van der Waals surface area (Å²) in [6.07, 6.45) is 9.76. The van der Waals surface area contributed by atoms with Crippen LogP contribution in [-0.2, 0) is 7.05 Å². The molecule has 0 atom stereocenters. The molecule has 2 heterocycles. The zero-order valence-electron chi connectivity index (χ0n) is 16.3. The van der Waals surface area contributed by atoms with Crippen LogP contribution in [0, 0.1) is 0 Å². The predicted molar refractivity (Wildman–Crippen MR) is 130 cm³/mol. The summed E-state index contributed by atoms with van der Waals surface area (Å²) in [5.74, 6) is 0. The van der Waals surface area contributed by atoms with Gasteiger partial charge in [-0.1, -0.05) is 71.5 Å². The molecule has 0 radical (unpaired) electrons. The van der Waals surface area contributed by atoms with Gasteiger partial charge in [-0.05, 0) is 47.1 Å². The van der Waals surface area contributed by atoms with Crippen LogP contribution in [0.3, 0.4) is 0 Å². The van der Waals surface area contributed by atoms with Gasteiger partial charge in [0.05, 0.1) is 16.1 Å². The summed E-state index contributed by atoms with van der Waals surface area (Å²) in [6, 6.07) is 19.7. The molecule has 2 aromatic carbocycles. The molecule has 0 spiro atoms. The predicted octanol–water partition coefficient (Wildman–Crippen LogP) is 6.57. The molecule has 144 valence electrons. The van der Waals surface area contributed by atoms with E-state index in [0.717, 1.165) is 6.54 Å². The number of anilines is 1. The second kappa shape index (κ2) is 9.31. The average molecular weight is 501 g/mol. The summed E-state index contributed by atoms with van der Waals surface area (Å²) in [4.78, 5) is 3.89. The Morgan fingerprint density at radius 2 is 1.75 bits per heavy atom. The van der Waals surface area contributed by atoms with Gasteiger partial charge in [0.15, 0.2) is 6.20 Å². The van der Waals surface area contributed by atoms with Crippen molar-refractivity contribution >= 4 is 57.0 Å². The number of para-hydroxylation sites is 2. The van der Waals surface area contributed by atoms with Crippen molar-refractivity contribution in [3.05, 3.63) is 71.4 Å². The third kappa shape index (κ3) is 4.23. The third-order valence-corrected chi connectivity index (χ3v) is 7.13. The monoisotopic (exact) mass is 501 g/mol. The van der Waals surface area contributed by atoms with E-state index >= 15 is 0 Å². The maximum absolute atomic E-state index is 2.52. The fourth-order valence-electron chi connectivity index (χ4n) is 3.76. The minimum absolute atomic E-state index is 1.09. The summed E-state index contributed by atoms with van der Waals surface area (Å²) < 4.78 is 3.46. The summed E-state index contributed by atoms with van der Waals surface area (Å²) in [5, 5.41) is 2.65. The lowest BCUT2D eigenvalue weighted by molar-refractivity contribution is -0.644. The molecular weight excluding hydrogens is 475 g/mol. The van der Waals surface area contributed by atoms with Crippen LogP contribution in [-0.4, -0.2) is 11.0 Å². The van der Waals surface area contributed by atoms with E-state index in [4.69, 9.17) is 0 Å². The average Bonchev–Trinajstić information content (AvgIpc) is 3.07. The molecule has 0 aliphatic carbocycles. The number of nitrogens with zero attached hydrogens (tertiary/aromatic N) is 2. The second-order valence-corrected chi connectivity index (χ2v) is 9.35. The van der Waals surface area contributed by atoms with E-state index in [2.05, 4.69) is 106 Å². The molecule has 0 amide bonds. The number of rotatable bonds is 7. The first-order chi connectivity index (χ1) is 13.8. The normalized spacial score (nSPS) is 14.8. The largest absolute Gasteiger partial charge is 0.335 e. The molecule has 0 N–H and O–H groups in total. The maximum Gasteiger partial charge on any atom is 0.212 e. The van der Waals surface area contributed by atoms with Gasteiger partial charge in [-0.2, -0.15) is 0 Å². The molecule has 0 saturated heterocycles. The summed E-state index contributed by atoms with van der Waals surface area (Å²) >= 11 is 4.38. The molecule has 0 bridgehead atoms. The van der Waals surface area contributed by atoms with Crippen molar-refractivity contribution in [2.45, 2.75) is 30.6 Å². The van der Waals surface area contributed by atoms with Gasteiger partial charge in [0.25, 0.3) is 0 Å². The van der Waals surface area contributed by atoms with Crippen LogP contribution in [0.2, 0.25) is 0 Å². The van der Waals surface area contributed by atoms with Gasteiger partial charge >= 0.3 is 0 Å². The molecule has 2 nitrogen and oxygen atoms in total. The van der Waals surface area contributed by atoms with E-state index in [9.17, 15) is 0 Å². The molecule has 3 aromatic rings. The van der Waals surface area contributed by atoms with E-state index in [1.807, 2.05) is 11.8 Å². The lowest BCUT2D eigenvalue weighted by Crippen LogP contribution is -2.28. The van der Waals surface area contributed by atoms with Crippen LogP contribution >= 0.6 is 34.4 Å². The Hall–Kier alpha value is -1.53. The zero-order valence-corrected chi connectivity index (χ0v) is 19.2. The molecule has 28 heavy (non-hydrogen) atoms. The fraction of sp³-hybridized carbons (Fsp3) is 0.292. The van der Waals surface area contributed by atoms with Crippen LogP contribution in [0.4, 0.5) is 5.69 Å². The SMILES string of the molecule is C[n+]1ccc(/C=C2\Sc3ccccc3N2CCCCCCI)c2ccccc21. The summed E-state index contributed by atoms with van der Waals surface area (Å²) in [5.41, 5.74) is 3.92. The quantitative estimate of drug-likeness (QED) is 0.157.